The maximum Gasteiger partial charge on any atom is 0.335 e. The van der Waals surface area contributed by atoms with Crippen molar-refractivity contribution in [2.24, 2.45) is 0 Å². The molecule has 0 fully saturated rings. The van der Waals surface area contributed by atoms with E-state index in [1.54, 1.807) is 29.5 Å². The summed E-state index contributed by atoms with van der Waals surface area (Å²) >= 11 is 3.29. The highest BCUT2D eigenvalue weighted by Crippen LogP contribution is 2.33. The van der Waals surface area contributed by atoms with Crippen LogP contribution in [0.4, 0.5) is 0 Å². The van der Waals surface area contributed by atoms with Crippen molar-refractivity contribution < 1.29 is 9.90 Å². The molecule has 0 aliphatic rings. The number of benzene rings is 1. The van der Waals surface area contributed by atoms with Gasteiger partial charge in [-0.2, -0.15) is 0 Å². The second-order valence-corrected chi connectivity index (χ2v) is 6.57. The van der Waals surface area contributed by atoms with Crippen molar-refractivity contribution in [3.05, 3.63) is 52.2 Å². The molecule has 0 unspecified atom stereocenters. The molecular weight excluding hydrogens is 302 g/mol. The minimum Gasteiger partial charge on any atom is -0.478 e. The molecule has 0 aliphatic heterocycles. The fraction of sp³-hybridized carbons (Fsp3) is 0.125. The lowest BCUT2D eigenvalue weighted by molar-refractivity contribution is 0.0697. The zero-order chi connectivity index (χ0) is 14.8. The molecule has 1 aromatic carbocycles. The highest BCUT2D eigenvalue weighted by Gasteiger charge is 2.10. The van der Waals surface area contributed by atoms with E-state index in [2.05, 4.69) is 24.0 Å². The summed E-state index contributed by atoms with van der Waals surface area (Å²) in [6, 6.07) is 11.1. The summed E-state index contributed by atoms with van der Waals surface area (Å²) in [6.45, 7) is 2.14. The summed E-state index contributed by atoms with van der Waals surface area (Å²) in [5.41, 5.74) is 2.09. The van der Waals surface area contributed by atoms with Crippen LogP contribution in [0.25, 0.3) is 21.1 Å². The lowest BCUT2D eigenvalue weighted by atomic mass is 10.1. The van der Waals surface area contributed by atoms with Gasteiger partial charge in [0.15, 0.2) is 0 Å². The number of rotatable bonds is 4. The second kappa shape index (κ2) is 5.79. The van der Waals surface area contributed by atoms with E-state index in [1.807, 2.05) is 11.4 Å². The minimum absolute atomic E-state index is 0.286. The Kier molecular flexibility index (Phi) is 3.86. The van der Waals surface area contributed by atoms with E-state index in [-0.39, 0.29) is 5.56 Å². The van der Waals surface area contributed by atoms with E-state index in [4.69, 9.17) is 5.11 Å². The van der Waals surface area contributed by atoms with E-state index in [1.165, 1.54) is 16.2 Å². The summed E-state index contributed by atoms with van der Waals surface area (Å²) < 4.78 is 0. The first kappa shape index (κ1) is 14.0. The molecule has 0 amide bonds. The second-order valence-electron chi connectivity index (χ2n) is 4.54. The van der Waals surface area contributed by atoms with Crippen LogP contribution in [0.3, 0.4) is 0 Å². The molecule has 0 saturated carbocycles. The first-order chi connectivity index (χ1) is 10.2. The maximum atomic E-state index is 11.0. The molecule has 3 nitrogen and oxygen atoms in total. The number of carboxylic acid groups (broad SMARTS) is 1. The van der Waals surface area contributed by atoms with Gasteiger partial charge in [-0.1, -0.05) is 19.1 Å². The van der Waals surface area contributed by atoms with Crippen LogP contribution in [0.1, 0.15) is 22.2 Å². The Morgan fingerprint density at radius 3 is 2.86 bits per heavy atom. The van der Waals surface area contributed by atoms with Crippen LogP contribution >= 0.6 is 22.7 Å². The molecular formula is C16H13NO2S2. The number of hydrogen-bond acceptors (Lipinski definition) is 4. The number of aromatic nitrogens is 1. The number of carbonyl (C=O) groups is 1. The van der Waals surface area contributed by atoms with Crippen molar-refractivity contribution in [1.29, 1.82) is 0 Å². The molecule has 0 atom stereocenters. The predicted molar refractivity (Wildman–Crippen MR) is 87.2 cm³/mol. The van der Waals surface area contributed by atoms with E-state index >= 15 is 0 Å². The molecule has 2 heterocycles. The third kappa shape index (κ3) is 2.89. The molecule has 0 spiro atoms. The number of aryl methyl sites for hydroxylation is 1. The van der Waals surface area contributed by atoms with E-state index in [9.17, 15) is 4.79 Å². The van der Waals surface area contributed by atoms with Gasteiger partial charge in [0.05, 0.1) is 16.1 Å². The van der Waals surface area contributed by atoms with Crippen molar-refractivity contribution in [1.82, 2.24) is 4.98 Å². The normalized spacial score (nSPS) is 10.7. The number of carboxylic acids is 1. The van der Waals surface area contributed by atoms with Crippen molar-refractivity contribution in [3.63, 3.8) is 0 Å². The van der Waals surface area contributed by atoms with Crippen LogP contribution < -0.4 is 0 Å². The Bertz CT molecular complexity index is 789. The van der Waals surface area contributed by atoms with Gasteiger partial charge < -0.3 is 5.11 Å². The van der Waals surface area contributed by atoms with Gasteiger partial charge in [-0.05, 0) is 30.7 Å². The number of nitrogens with zero attached hydrogens (tertiary/aromatic N) is 1. The minimum atomic E-state index is -0.917. The topological polar surface area (TPSA) is 50.2 Å². The molecule has 0 bridgehead atoms. The number of thiophene rings is 1. The summed E-state index contributed by atoms with van der Waals surface area (Å²) in [5.74, 6) is -0.917. The van der Waals surface area contributed by atoms with Gasteiger partial charge in [0.1, 0.15) is 5.01 Å². The molecule has 0 aliphatic carbocycles. The van der Waals surface area contributed by atoms with Gasteiger partial charge in [0, 0.05) is 15.8 Å². The van der Waals surface area contributed by atoms with Crippen LogP contribution in [0.5, 0.6) is 0 Å². The Morgan fingerprint density at radius 1 is 1.29 bits per heavy atom. The standard InChI is InChI=1S/C16H13NO2S2/c1-2-12-6-7-14(21-12)13-9-20-15(17-13)10-4-3-5-11(8-10)16(18)19/h3-9H,2H2,1H3,(H,18,19). The molecule has 21 heavy (non-hydrogen) atoms. The van der Waals surface area contributed by atoms with Gasteiger partial charge in [-0.3, -0.25) is 0 Å². The molecule has 5 heteroatoms. The number of thiazole rings is 1. The lowest BCUT2D eigenvalue weighted by Gasteiger charge is -1.98. The Morgan fingerprint density at radius 2 is 2.14 bits per heavy atom. The monoisotopic (exact) mass is 315 g/mol. The SMILES string of the molecule is CCc1ccc(-c2csc(-c3cccc(C(=O)O)c3)n2)s1. The van der Waals surface area contributed by atoms with Crippen LogP contribution in [-0.2, 0) is 6.42 Å². The number of aromatic carboxylic acids is 1. The summed E-state index contributed by atoms with van der Waals surface area (Å²) in [5, 5.41) is 11.9. The molecule has 0 saturated heterocycles. The smallest absolute Gasteiger partial charge is 0.335 e. The molecule has 3 aromatic rings. The van der Waals surface area contributed by atoms with Gasteiger partial charge in [-0.15, -0.1) is 22.7 Å². The molecule has 0 radical (unpaired) electrons. The number of hydrogen-bond donors (Lipinski definition) is 1. The highest BCUT2D eigenvalue weighted by molar-refractivity contribution is 7.16. The Balaban J connectivity index is 1.94. The van der Waals surface area contributed by atoms with Crippen molar-refractivity contribution >= 4 is 28.6 Å². The fourth-order valence-corrected chi connectivity index (χ4v) is 3.81. The average Bonchev–Trinajstić information content (AvgIpc) is 3.16. The van der Waals surface area contributed by atoms with Gasteiger partial charge >= 0.3 is 5.97 Å². The zero-order valence-corrected chi connectivity index (χ0v) is 13.0. The Labute approximate surface area is 130 Å². The highest BCUT2D eigenvalue weighted by atomic mass is 32.1. The third-order valence-electron chi connectivity index (χ3n) is 3.12. The summed E-state index contributed by atoms with van der Waals surface area (Å²) in [4.78, 5) is 18.2. The van der Waals surface area contributed by atoms with Crippen molar-refractivity contribution in [2.75, 3.05) is 0 Å². The van der Waals surface area contributed by atoms with Crippen LogP contribution in [0.2, 0.25) is 0 Å². The van der Waals surface area contributed by atoms with Crippen molar-refractivity contribution in [3.8, 4) is 21.1 Å². The molecule has 106 valence electrons. The van der Waals surface area contributed by atoms with Crippen molar-refractivity contribution in [2.45, 2.75) is 13.3 Å². The van der Waals surface area contributed by atoms with Crippen LogP contribution in [0.15, 0.2) is 41.8 Å². The quantitative estimate of drug-likeness (QED) is 0.752. The first-order valence-electron chi connectivity index (χ1n) is 6.55. The fourth-order valence-electron chi connectivity index (χ4n) is 2.01. The lowest BCUT2D eigenvalue weighted by Crippen LogP contribution is -1.95. The molecule has 3 rings (SSSR count). The van der Waals surface area contributed by atoms with Gasteiger partial charge in [0.2, 0.25) is 0 Å². The zero-order valence-electron chi connectivity index (χ0n) is 11.4. The third-order valence-corrected chi connectivity index (χ3v) is 5.27. The molecule has 1 N–H and O–H groups in total. The Hall–Kier alpha value is -1.98. The van der Waals surface area contributed by atoms with E-state index < -0.39 is 5.97 Å². The first-order valence-corrected chi connectivity index (χ1v) is 8.25. The molecule has 2 aromatic heterocycles. The van der Waals surface area contributed by atoms with Crippen LogP contribution in [-0.4, -0.2) is 16.1 Å². The van der Waals surface area contributed by atoms with E-state index in [0.717, 1.165) is 27.6 Å². The van der Waals surface area contributed by atoms with E-state index in [0.29, 0.717) is 0 Å². The predicted octanol–water partition coefficient (Wildman–Crippen LogP) is 4.80. The largest absolute Gasteiger partial charge is 0.478 e. The average molecular weight is 315 g/mol. The summed E-state index contributed by atoms with van der Waals surface area (Å²) in [6.07, 6.45) is 1.03. The van der Waals surface area contributed by atoms with Gasteiger partial charge in [-0.25, -0.2) is 9.78 Å². The maximum absolute atomic E-state index is 11.0. The van der Waals surface area contributed by atoms with Crippen LogP contribution in [0, 0.1) is 0 Å². The summed E-state index contributed by atoms with van der Waals surface area (Å²) in [7, 11) is 0. The van der Waals surface area contributed by atoms with Gasteiger partial charge in [0.25, 0.3) is 0 Å².